The molecule has 0 saturated carbocycles. The quantitative estimate of drug-likeness (QED) is 0.114. The maximum absolute atomic E-state index is 12.7. The van der Waals surface area contributed by atoms with Gasteiger partial charge in [-0.1, -0.05) is 37.1 Å². The predicted molar refractivity (Wildman–Crippen MR) is 129 cm³/mol. The van der Waals surface area contributed by atoms with Gasteiger partial charge in [0, 0.05) is 25.0 Å². The largest absolute Gasteiger partial charge is 0.468 e. The van der Waals surface area contributed by atoms with Crippen LogP contribution in [0.2, 0.25) is 0 Å². The van der Waals surface area contributed by atoms with Crippen LogP contribution in [0.5, 0.6) is 0 Å². The molecule has 0 amide bonds. The Hall–Kier alpha value is -3.16. The summed E-state index contributed by atoms with van der Waals surface area (Å²) in [5.41, 5.74) is -1.05. The average Bonchev–Trinajstić information content (AvgIpc) is 2.86. The molecular formula is C25H33NO8S. The van der Waals surface area contributed by atoms with Crippen molar-refractivity contribution in [3.8, 4) is 11.8 Å². The van der Waals surface area contributed by atoms with Crippen LogP contribution in [0.25, 0.3) is 0 Å². The van der Waals surface area contributed by atoms with Crippen molar-refractivity contribution in [2.45, 2.75) is 50.8 Å². The summed E-state index contributed by atoms with van der Waals surface area (Å²) >= 11 is 0. The summed E-state index contributed by atoms with van der Waals surface area (Å²) in [5, 5.41) is 0. The standard InChI is InChI=1S/C25H33NO8S/c1-6-7-8-9-10-16-25(23(28)33-4,24(29)34-5)17-15-20(22(27)32-3)18-26-35(30,31)21-13-11-19(2)12-14-21/h11-15,26H,6-8,16-18H2,1-5H3/b20-15-. The van der Waals surface area contributed by atoms with E-state index in [4.69, 9.17) is 14.2 Å². The molecule has 192 valence electrons. The van der Waals surface area contributed by atoms with E-state index in [2.05, 4.69) is 16.6 Å². The fraction of sp³-hybridized carbons (Fsp3) is 0.480. The highest BCUT2D eigenvalue weighted by atomic mass is 32.2. The Bertz CT molecular complexity index is 1060. The molecule has 0 bridgehead atoms. The van der Waals surface area contributed by atoms with E-state index in [1.807, 2.05) is 13.8 Å². The molecule has 35 heavy (non-hydrogen) atoms. The van der Waals surface area contributed by atoms with Crippen molar-refractivity contribution >= 4 is 27.9 Å². The Morgan fingerprint density at radius 2 is 1.60 bits per heavy atom. The summed E-state index contributed by atoms with van der Waals surface area (Å²) in [6.45, 7) is 3.41. The van der Waals surface area contributed by atoms with Crippen LogP contribution in [-0.2, 0) is 38.6 Å². The molecule has 0 fully saturated rings. The summed E-state index contributed by atoms with van der Waals surface area (Å²) in [7, 11) is -0.540. The first-order valence-electron chi connectivity index (χ1n) is 11.0. The molecule has 1 rings (SSSR count). The van der Waals surface area contributed by atoms with Gasteiger partial charge in [-0.3, -0.25) is 9.59 Å². The molecule has 1 aromatic rings. The average molecular weight is 508 g/mol. The summed E-state index contributed by atoms with van der Waals surface area (Å²) in [6.07, 6.45) is 3.16. The first-order valence-corrected chi connectivity index (χ1v) is 12.5. The zero-order valence-corrected chi connectivity index (χ0v) is 21.6. The number of unbranched alkanes of at least 4 members (excludes halogenated alkanes) is 2. The second kappa shape index (κ2) is 14.3. The van der Waals surface area contributed by atoms with Crippen LogP contribution in [0.3, 0.4) is 0 Å². The van der Waals surface area contributed by atoms with E-state index in [1.54, 1.807) is 12.1 Å². The van der Waals surface area contributed by atoms with Crippen LogP contribution in [0.15, 0.2) is 40.8 Å². The third-order valence-corrected chi connectivity index (χ3v) is 6.67. The number of allylic oxidation sites excluding steroid dienone is 1. The van der Waals surface area contributed by atoms with Crippen LogP contribution < -0.4 is 4.72 Å². The van der Waals surface area contributed by atoms with Gasteiger partial charge in [-0.25, -0.2) is 17.9 Å². The molecule has 0 aliphatic carbocycles. The summed E-state index contributed by atoms with van der Waals surface area (Å²) in [6, 6.07) is 6.17. The number of carbonyl (C=O) groups is 3. The maximum Gasteiger partial charge on any atom is 0.334 e. The fourth-order valence-corrected chi connectivity index (χ4v) is 4.06. The highest BCUT2D eigenvalue weighted by Crippen LogP contribution is 2.31. The Morgan fingerprint density at radius 1 is 1.00 bits per heavy atom. The van der Waals surface area contributed by atoms with E-state index < -0.39 is 39.9 Å². The lowest BCUT2D eigenvalue weighted by molar-refractivity contribution is -0.168. The molecule has 9 nitrogen and oxygen atoms in total. The molecule has 1 N–H and O–H groups in total. The van der Waals surface area contributed by atoms with Gasteiger partial charge in [-0.2, -0.15) is 0 Å². The van der Waals surface area contributed by atoms with Crippen molar-refractivity contribution in [1.29, 1.82) is 0 Å². The molecule has 0 atom stereocenters. The van der Waals surface area contributed by atoms with E-state index in [9.17, 15) is 22.8 Å². The number of hydrogen-bond donors (Lipinski definition) is 1. The third kappa shape index (κ3) is 8.53. The van der Waals surface area contributed by atoms with Crippen molar-refractivity contribution in [2.24, 2.45) is 5.41 Å². The normalized spacial score (nSPS) is 11.7. The second-order valence-corrected chi connectivity index (χ2v) is 9.53. The number of aryl methyl sites for hydroxylation is 1. The topological polar surface area (TPSA) is 125 Å². The Labute approximate surface area is 207 Å². The van der Waals surface area contributed by atoms with Crippen LogP contribution in [-0.4, -0.2) is 54.2 Å². The van der Waals surface area contributed by atoms with E-state index in [0.29, 0.717) is 6.42 Å². The molecule has 0 aliphatic heterocycles. The summed E-state index contributed by atoms with van der Waals surface area (Å²) < 4.78 is 42.1. The van der Waals surface area contributed by atoms with Gasteiger partial charge in [0.2, 0.25) is 10.0 Å². The second-order valence-electron chi connectivity index (χ2n) is 7.76. The summed E-state index contributed by atoms with van der Waals surface area (Å²) in [5.74, 6) is 3.17. The number of sulfonamides is 1. The number of benzene rings is 1. The van der Waals surface area contributed by atoms with E-state index >= 15 is 0 Å². The van der Waals surface area contributed by atoms with Gasteiger partial charge in [0.1, 0.15) is 0 Å². The van der Waals surface area contributed by atoms with Crippen molar-refractivity contribution in [2.75, 3.05) is 27.9 Å². The van der Waals surface area contributed by atoms with Crippen molar-refractivity contribution in [1.82, 2.24) is 4.72 Å². The first-order chi connectivity index (χ1) is 16.6. The van der Waals surface area contributed by atoms with Gasteiger partial charge in [0.15, 0.2) is 5.41 Å². The molecule has 0 unspecified atom stereocenters. The smallest absolute Gasteiger partial charge is 0.334 e. The number of esters is 3. The lowest BCUT2D eigenvalue weighted by atomic mass is 9.80. The van der Waals surface area contributed by atoms with Gasteiger partial charge in [-0.05, 0) is 31.9 Å². The van der Waals surface area contributed by atoms with Gasteiger partial charge in [-0.15, -0.1) is 11.8 Å². The zero-order chi connectivity index (χ0) is 26.5. The summed E-state index contributed by atoms with van der Waals surface area (Å²) in [4.78, 5) is 37.7. The number of carbonyl (C=O) groups excluding carboxylic acids is 3. The lowest BCUT2D eigenvalue weighted by Gasteiger charge is -2.25. The third-order valence-electron chi connectivity index (χ3n) is 5.25. The number of ether oxygens (including phenoxy) is 3. The van der Waals surface area contributed by atoms with E-state index in [-0.39, 0.29) is 23.3 Å². The number of hydrogen-bond acceptors (Lipinski definition) is 8. The molecule has 0 aliphatic rings. The van der Waals surface area contributed by atoms with Crippen LogP contribution in [0, 0.1) is 24.2 Å². The lowest BCUT2D eigenvalue weighted by Crippen LogP contribution is -2.41. The molecule has 0 heterocycles. The molecule has 1 aromatic carbocycles. The monoisotopic (exact) mass is 507 g/mol. The first kappa shape index (κ1) is 29.9. The van der Waals surface area contributed by atoms with Crippen LogP contribution in [0.4, 0.5) is 0 Å². The minimum Gasteiger partial charge on any atom is -0.468 e. The van der Waals surface area contributed by atoms with Gasteiger partial charge < -0.3 is 14.2 Å². The number of methoxy groups -OCH3 is 3. The number of nitrogens with one attached hydrogen (secondary N) is 1. The van der Waals surface area contributed by atoms with Gasteiger partial charge in [0.05, 0.1) is 26.2 Å². The number of rotatable bonds is 12. The highest BCUT2D eigenvalue weighted by Gasteiger charge is 2.47. The minimum absolute atomic E-state index is 0.0214. The molecule has 10 heteroatoms. The van der Waals surface area contributed by atoms with Crippen LogP contribution >= 0.6 is 0 Å². The molecular weight excluding hydrogens is 474 g/mol. The maximum atomic E-state index is 12.7. The van der Waals surface area contributed by atoms with Crippen molar-refractivity contribution < 1.29 is 37.0 Å². The van der Waals surface area contributed by atoms with Crippen molar-refractivity contribution in [3.63, 3.8) is 0 Å². The van der Waals surface area contributed by atoms with Gasteiger partial charge in [0.25, 0.3) is 0 Å². The van der Waals surface area contributed by atoms with Gasteiger partial charge >= 0.3 is 17.9 Å². The SMILES string of the molecule is CCCCC#CCC(C/C=C(/CNS(=O)(=O)c1ccc(C)cc1)C(=O)OC)(C(=O)OC)C(=O)OC. The molecule has 0 saturated heterocycles. The Kier molecular flexibility index (Phi) is 12.2. The van der Waals surface area contributed by atoms with E-state index in [0.717, 1.165) is 39.7 Å². The predicted octanol–water partition coefficient (Wildman–Crippen LogP) is 2.68. The van der Waals surface area contributed by atoms with Crippen molar-refractivity contribution in [3.05, 3.63) is 41.5 Å². The zero-order valence-electron chi connectivity index (χ0n) is 20.8. The van der Waals surface area contributed by atoms with E-state index in [1.165, 1.54) is 18.2 Å². The molecule has 0 radical (unpaired) electrons. The minimum atomic E-state index is -3.94. The highest BCUT2D eigenvalue weighted by molar-refractivity contribution is 7.89. The molecule has 0 aromatic heterocycles. The fourth-order valence-electron chi connectivity index (χ4n) is 3.05. The Balaban J connectivity index is 3.28. The molecule has 0 spiro atoms. The Morgan fingerprint density at radius 3 is 2.11 bits per heavy atom. The van der Waals surface area contributed by atoms with Crippen LogP contribution in [0.1, 0.15) is 44.6 Å².